The van der Waals surface area contributed by atoms with Crippen LogP contribution < -0.4 is 0 Å². The molecule has 94 valence electrons. The number of carboxylic acids is 1. The zero-order valence-electron chi connectivity index (χ0n) is 10.6. The molecule has 0 saturated heterocycles. The number of hydrogen-bond acceptors (Lipinski definition) is 2. The van der Waals surface area contributed by atoms with E-state index in [1.165, 1.54) is 0 Å². The van der Waals surface area contributed by atoms with Crippen molar-refractivity contribution in [1.29, 1.82) is 0 Å². The lowest BCUT2D eigenvalue weighted by Crippen LogP contribution is -2.12. The van der Waals surface area contributed by atoms with Gasteiger partial charge in [-0.2, -0.15) is 5.10 Å². The van der Waals surface area contributed by atoms with E-state index < -0.39 is 5.97 Å². The van der Waals surface area contributed by atoms with Gasteiger partial charge in [0.25, 0.3) is 0 Å². The first-order valence-electron chi connectivity index (χ1n) is 5.97. The Bertz CT molecular complexity index is 559. The summed E-state index contributed by atoms with van der Waals surface area (Å²) < 4.78 is 1.58. The molecule has 0 aliphatic carbocycles. The van der Waals surface area contributed by atoms with Gasteiger partial charge >= 0.3 is 5.97 Å². The Morgan fingerprint density at radius 3 is 2.56 bits per heavy atom. The van der Waals surface area contributed by atoms with Crippen molar-refractivity contribution >= 4 is 5.97 Å². The molecule has 0 unspecified atom stereocenters. The zero-order valence-corrected chi connectivity index (χ0v) is 10.6. The predicted octanol–water partition coefficient (Wildman–Crippen LogP) is 2.50. The SMILES string of the molecule is CCc1c(C)nn(Cc2ccccc2)c1C(=O)O. The summed E-state index contributed by atoms with van der Waals surface area (Å²) in [6.07, 6.45) is 0.683. The van der Waals surface area contributed by atoms with Crippen LogP contribution in [0.2, 0.25) is 0 Å². The Labute approximate surface area is 106 Å². The minimum absolute atomic E-state index is 0.304. The van der Waals surface area contributed by atoms with Gasteiger partial charge in [0.1, 0.15) is 5.69 Å². The first kappa shape index (κ1) is 12.4. The lowest BCUT2D eigenvalue weighted by Gasteiger charge is -2.05. The second-order valence-corrected chi connectivity index (χ2v) is 4.21. The quantitative estimate of drug-likeness (QED) is 0.899. The largest absolute Gasteiger partial charge is 0.477 e. The van der Waals surface area contributed by atoms with Crippen LogP contribution in [0.15, 0.2) is 30.3 Å². The predicted molar refractivity (Wildman–Crippen MR) is 68.8 cm³/mol. The fraction of sp³-hybridized carbons (Fsp3) is 0.286. The van der Waals surface area contributed by atoms with E-state index in [1.807, 2.05) is 44.2 Å². The van der Waals surface area contributed by atoms with Crippen LogP contribution in [0, 0.1) is 6.92 Å². The Balaban J connectivity index is 2.42. The van der Waals surface area contributed by atoms with Crippen molar-refractivity contribution in [1.82, 2.24) is 9.78 Å². The van der Waals surface area contributed by atoms with Gasteiger partial charge in [0.2, 0.25) is 0 Å². The smallest absolute Gasteiger partial charge is 0.354 e. The minimum Gasteiger partial charge on any atom is -0.477 e. The molecule has 2 aromatic rings. The van der Waals surface area contributed by atoms with E-state index in [0.29, 0.717) is 18.7 Å². The number of rotatable bonds is 4. The van der Waals surface area contributed by atoms with Gasteiger partial charge in [-0.25, -0.2) is 4.79 Å². The number of aromatic nitrogens is 2. The summed E-state index contributed by atoms with van der Waals surface area (Å²) in [6, 6.07) is 9.75. The lowest BCUT2D eigenvalue weighted by molar-refractivity contribution is 0.0682. The molecule has 4 heteroatoms. The summed E-state index contributed by atoms with van der Waals surface area (Å²) in [5.74, 6) is -0.914. The van der Waals surface area contributed by atoms with Crippen LogP contribution in [0.3, 0.4) is 0 Å². The average molecular weight is 244 g/mol. The van der Waals surface area contributed by atoms with Crippen LogP contribution in [-0.4, -0.2) is 20.9 Å². The number of carboxylic acid groups (broad SMARTS) is 1. The van der Waals surface area contributed by atoms with Crippen LogP contribution in [0.1, 0.15) is 34.2 Å². The number of nitrogens with zero attached hydrogens (tertiary/aromatic N) is 2. The van der Waals surface area contributed by atoms with Gasteiger partial charge < -0.3 is 5.11 Å². The Morgan fingerprint density at radius 2 is 2.00 bits per heavy atom. The van der Waals surface area contributed by atoms with Gasteiger partial charge in [-0.1, -0.05) is 37.3 Å². The van der Waals surface area contributed by atoms with E-state index in [4.69, 9.17) is 0 Å². The Hall–Kier alpha value is -2.10. The third-order valence-corrected chi connectivity index (χ3v) is 2.98. The van der Waals surface area contributed by atoms with Crippen LogP contribution >= 0.6 is 0 Å². The monoisotopic (exact) mass is 244 g/mol. The molecule has 1 heterocycles. The summed E-state index contributed by atoms with van der Waals surface area (Å²) in [4.78, 5) is 11.3. The van der Waals surface area contributed by atoms with E-state index in [9.17, 15) is 9.90 Å². The fourth-order valence-corrected chi connectivity index (χ4v) is 2.15. The van der Waals surface area contributed by atoms with Crippen molar-refractivity contribution in [2.75, 3.05) is 0 Å². The first-order valence-corrected chi connectivity index (χ1v) is 5.97. The van der Waals surface area contributed by atoms with E-state index in [0.717, 1.165) is 16.8 Å². The summed E-state index contributed by atoms with van der Waals surface area (Å²) >= 11 is 0. The van der Waals surface area contributed by atoms with Gasteiger partial charge in [-0.15, -0.1) is 0 Å². The van der Waals surface area contributed by atoms with Gasteiger partial charge in [0, 0.05) is 5.56 Å². The molecule has 0 spiro atoms. The summed E-state index contributed by atoms with van der Waals surface area (Å²) in [6.45, 7) is 4.29. The summed E-state index contributed by atoms with van der Waals surface area (Å²) in [5, 5.41) is 13.6. The molecule has 2 rings (SSSR count). The molecule has 0 amide bonds. The molecule has 0 saturated carbocycles. The highest BCUT2D eigenvalue weighted by molar-refractivity contribution is 5.87. The molecule has 0 atom stereocenters. The number of aryl methyl sites for hydroxylation is 1. The highest BCUT2D eigenvalue weighted by Gasteiger charge is 2.19. The topological polar surface area (TPSA) is 55.1 Å². The molecule has 1 N–H and O–H groups in total. The van der Waals surface area contributed by atoms with Crippen molar-refractivity contribution in [2.45, 2.75) is 26.8 Å². The van der Waals surface area contributed by atoms with E-state index in [-0.39, 0.29) is 0 Å². The molecule has 1 aromatic heterocycles. The molecule has 4 nitrogen and oxygen atoms in total. The Kier molecular flexibility index (Phi) is 3.46. The minimum atomic E-state index is -0.914. The van der Waals surface area contributed by atoms with Gasteiger partial charge in [0.15, 0.2) is 0 Å². The molecule has 18 heavy (non-hydrogen) atoms. The second kappa shape index (κ2) is 5.04. The van der Waals surface area contributed by atoms with Crippen LogP contribution in [-0.2, 0) is 13.0 Å². The maximum absolute atomic E-state index is 11.3. The number of benzene rings is 1. The van der Waals surface area contributed by atoms with Crippen LogP contribution in [0.25, 0.3) is 0 Å². The third kappa shape index (κ3) is 2.27. The Morgan fingerprint density at radius 1 is 1.33 bits per heavy atom. The molecular formula is C14H16N2O2. The molecule has 1 aromatic carbocycles. The normalized spacial score (nSPS) is 10.6. The molecule has 0 aliphatic heterocycles. The maximum atomic E-state index is 11.3. The first-order chi connectivity index (χ1) is 8.63. The fourth-order valence-electron chi connectivity index (χ4n) is 2.15. The molecule has 0 fully saturated rings. The van der Waals surface area contributed by atoms with Crippen LogP contribution in [0.4, 0.5) is 0 Å². The van der Waals surface area contributed by atoms with E-state index in [1.54, 1.807) is 4.68 Å². The number of carbonyl (C=O) groups is 1. The summed E-state index contributed by atoms with van der Waals surface area (Å²) in [7, 11) is 0. The number of aromatic carboxylic acids is 1. The standard InChI is InChI=1S/C14H16N2O2/c1-3-12-10(2)15-16(13(12)14(17)18)9-11-7-5-4-6-8-11/h4-8H,3,9H2,1-2H3,(H,17,18). The van der Waals surface area contributed by atoms with Gasteiger partial charge in [0.05, 0.1) is 12.2 Å². The van der Waals surface area contributed by atoms with E-state index >= 15 is 0 Å². The van der Waals surface area contributed by atoms with Crippen molar-refractivity contribution < 1.29 is 9.90 Å². The zero-order chi connectivity index (χ0) is 13.1. The molecular weight excluding hydrogens is 228 g/mol. The van der Waals surface area contributed by atoms with Crippen LogP contribution in [0.5, 0.6) is 0 Å². The average Bonchev–Trinajstić information content (AvgIpc) is 2.66. The highest BCUT2D eigenvalue weighted by Crippen LogP contribution is 2.16. The van der Waals surface area contributed by atoms with Gasteiger partial charge in [-0.3, -0.25) is 4.68 Å². The summed E-state index contributed by atoms with van der Waals surface area (Å²) in [5.41, 5.74) is 2.97. The second-order valence-electron chi connectivity index (χ2n) is 4.21. The van der Waals surface area contributed by atoms with Crippen molar-refractivity contribution in [3.05, 3.63) is 52.8 Å². The van der Waals surface area contributed by atoms with Crippen molar-refractivity contribution in [3.63, 3.8) is 0 Å². The molecule has 0 aliphatic rings. The highest BCUT2D eigenvalue weighted by atomic mass is 16.4. The van der Waals surface area contributed by atoms with Crippen molar-refractivity contribution in [3.8, 4) is 0 Å². The maximum Gasteiger partial charge on any atom is 0.354 e. The number of hydrogen-bond donors (Lipinski definition) is 1. The van der Waals surface area contributed by atoms with Gasteiger partial charge in [-0.05, 0) is 18.9 Å². The lowest BCUT2D eigenvalue weighted by atomic mass is 10.1. The third-order valence-electron chi connectivity index (χ3n) is 2.98. The van der Waals surface area contributed by atoms with E-state index in [2.05, 4.69) is 5.10 Å². The molecule has 0 radical (unpaired) electrons. The van der Waals surface area contributed by atoms with Crippen molar-refractivity contribution in [2.24, 2.45) is 0 Å². The molecule has 0 bridgehead atoms.